The van der Waals surface area contributed by atoms with Gasteiger partial charge in [-0.25, -0.2) is 9.03 Å². The van der Waals surface area contributed by atoms with Gasteiger partial charge in [0, 0.05) is 10.9 Å². The number of nitrogens with one attached hydrogen (secondary N) is 1. The lowest BCUT2D eigenvalue weighted by Crippen LogP contribution is -2.29. The number of benzene rings is 3. The first kappa shape index (κ1) is 19.1. The second-order valence-electron chi connectivity index (χ2n) is 7.02. The molecule has 0 bridgehead atoms. The Bertz CT molecular complexity index is 1390. The van der Waals surface area contributed by atoms with E-state index >= 15 is 0 Å². The van der Waals surface area contributed by atoms with Crippen LogP contribution < -0.4 is 13.8 Å². The molecule has 4 aromatic rings. The van der Waals surface area contributed by atoms with Crippen LogP contribution in [0.2, 0.25) is 0 Å². The molecule has 0 amide bonds. The standard InChI is InChI=1S/C23H18N2O5S/c26-23-13-25(31(27,28)24-23)20-11-10-17(19-15-30-21-9-5-4-8-18(19)21)12-22(20)29-14-16-6-2-1-3-7-16/h1-13,15,24,26H,14H2. The molecule has 0 unspecified atom stereocenters. The number of aliphatic hydroxyl groups excluding tert-OH is 1. The molecular weight excluding hydrogens is 416 g/mol. The predicted octanol–water partition coefficient (Wildman–Crippen LogP) is 4.69. The summed E-state index contributed by atoms with van der Waals surface area (Å²) in [6.07, 6.45) is 2.77. The van der Waals surface area contributed by atoms with Crippen LogP contribution in [0.15, 0.2) is 95.6 Å². The quantitative estimate of drug-likeness (QED) is 0.475. The average molecular weight is 434 g/mol. The summed E-state index contributed by atoms with van der Waals surface area (Å²) in [5.74, 6) is -0.109. The highest BCUT2D eigenvalue weighted by molar-refractivity contribution is 7.91. The molecule has 1 aliphatic rings. The molecular formula is C23H18N2O5S. The molecule has 0 saturated carbocycles. The molecule has 0 radical (unpaired) electrons. The molecule has 31 heavy (non-hydrogen) atoms. The highest BCUT2D eigenvalue weighted by Crippen LogP contribution is 2.39. The van der Waals surface area contributed by atoms with E-state index in [1.165, 1.54) is 0 Å². The van der Waals surface area contributed by atoms with E-state index in [-0.39, 0.29) is 12.3 Å². The molecule has 5 rings (SSSR count). The topological polar surface area (TPSA) is 92.0 Å². The van der Waals surface area contributed by atoms with Gasteiger partial charge >= 0.3 is 10.2 Å². The Morgan fingerprint density at radius 1 is 1.00 bits per heavy atom. The molecule has 1 aromatic heterocycles. The first-order chi connectivity index (χ1) is 15.0. The summed E-state index contributed by atoms with van der Waals surface area (Å²) in [6, 6.07) is 22.5. The predicted molar refractivity (Wildman–Crippen MR) is 118 cm³/mol. The van der Waals surface area contributed by atoms with Crippen LogP contribution in [0, 0.1) is 0 Å². The van der Waals surface area contributed by atoms with Crippen molar-refractivity contribution in [2.45, 2.75) is 6.61 Å². The number of furan rings is 1. The number of ether oxygens (including phenoxy) is 1. The van der Waals surface area contributed by atoms with Crippen LogP contribution in [-0.2, 0) is 16.8 Å². The fourth-order valence-corrected chi connectivity index (χ4v) is 4.57. The number of anilines is 1. The SMILES string of the molecule is O=S1(=O)NC(O)=CN1c1ccc(-c2coc3ccccc23)cc1OCc1ccccc1. The van der Waals surface area contributed by atoms with Crippen LogP contribution in [-0.4, -0.2) is 13.5 Å². The maximum Gasteiger partial charge on any atom is 0.330 e. The molecule has 7 nitrogen and oxygen atoms in total. The van der Waals surface area contributed by atoms with Crippen molar-refractivity contribution in [2.24, 2.45) is 0 Å². The van der Waals surface area contributed by atoms with E-state index in [0.717, 1.165) is 38.2 Å². The van der Waals surface area contributed by atoms with E-state index in [1.807, 2.05) is 54.6 Å². The van der Waals surface area contributed by atoms with Crippen molar-refractivity contribution in [3.63, 3.8) is 0 Å². The average Bonchev–Trinajstić information content (AvgIpc) is 3.32. The van der Waals surface area contributed by atoms with Gasteiger partial charge in [-0.15, -0.1) is 0 Å². The number of hydrogen-bond donors (Lipinski definition) is 2. The third-order valence-electron chi connectivity index (χ3n) is 4.96. The largest absolute Gasteiger partial charge is 0.493 e. The lowest BCUT2D eigenvalue weighted by atomic mass is 10.0. The van der Waals surface area contributed by atoms with Gasteiger partial charge in [-0.3, -0.25) is 0 Å². The highest BCUT2D eigenvalue weighted by atomic mass is 32.2. The number of rotatable bonds is 5. The van der Waals surface area contributed by atoms with Crippen molar-refractivity contribution in [2.75, 3.05) is 4.31 Å². The molecule has 1 aliphatic heterocycles. The van der Waals surface area contributed by atoms with Gasteiger partial charge in [0.1, 0.15) is 23.6 Å². The summed E-state index contributed by atoms with van der Waals surface area (Å²) in [5.41, 5.74) is 3.66. The van der Waals surface area contributed by atoms with Crippen molar-refractivity contribution in [3.05, 3.63) is 96.7 Å². The minimum Gasteiger partial charge on any atom is -0.493 e. The van der Waals surface area contributed by atoms with Crippen LogP contribution in [0.4, 0.5) is 5.69 Å². The Balaban J connectivity index is 1.59. The van der Waals surface area contributed by atoms with Crippen LogP contribution in [0.1, 0.15) is 5.56 Å². The summed E-state index contributed by atoms with van der Waals surface area (Å²) < 4.78 is 39.5. The Morgan fingerprint density at radius 3 is 2.55 bits per heavy atom. The van der Waals surface area contributed by atoms with E-state index in [2.05, 4.69) is 4.72 Å². The Morgan fingerprint density at radius 2 is 1.77 bits per heavy atom. The van der Waals surface area contributed by atoms with Gasteiger partial charge in [0.25, 0.3) is 0 Å². The second-order valence-corrected chi connectivity index (χ2v) is 8.57. The third-order valence-corrected chi connectivity index (χ3v) is 6.25. The van der Waals surface area contributed by atoms with E-state index in [9.17, 15) is 13.5 Å². The fraction of sp³-hybridized carbons (Fsp3) is 0.0435. The van der Waals surface area contributed by atoms with Crippen molar-refractivity contribution < 1.29 is 22.7 Å². The van der Waals surface area contributed by atoms with Crippen LogP contribution in [0.25, 0.3) is 22.1 Å². The van der Waals surface area contributed by atoms with Gasteiger partial charge in [0.15, 0.2) is 0 Å². The van der Waals surface area contributed by atoms with Crippen molar-refractivity contribution in [3.8, 4) is 16.9 Å². The smallest absolute Gasteiger partial charge is 0.330 e. The molecule has 0 spiro atoms. The van der Waals surface area contributed by atoms with E-state index in [4.69, 9.17) is 9.15 Å². The Hall–Kier alpha value is -3.91. The number of para-hydroxylation sites is 1. The van der Waals surface area contributed by atoms with Crippen molar-refractivity contribution in [1.82, 2.24) is 4.72 Å². The normalized spacial score (nSPS) is 15.0. The van der Waals surface area contributed by atoms with E-state index < -0.39 is 16.1 Å². The van der Waals surface area contributed by atoms with Gasteiger partial charge in [-0.05, 0) is 29.3 Å². The molecule has 2 heterocycles. The van der Waals surface area contributed by atoms with Gasteiger partial charge in [0.2, 0.25) is 5.88 Å². The monoisotopic (exact) mass is 434 g/mol. The van der Waals surface area contributed by atoms with Gasteiger partial charge in [0.05, 0.1) is 12.5 Å². The maximum absolute atomic E-state index is 12.4. The molecule has 156 valence electrons. The van der Waals surface area contributed by atoms with Crippen LogP contribution in [0.5, 0.6) is 5.75 Å². The summed E-state index contributed by atoms with van der Waals surface area (Å²) >= 11 is 0. The number of fused-ring (bicyclic) bond motifs is 1. The third kappa shape index (κ3) is 3.57. The zero-order chi connectivity index (χ0) is 21.4. The Labute approximate surface area is 179 Å². The van der Waals surface area contributed by atoms with Gasteiger partial charge in [-0.2, -0.15) is 8.42 Å². The summed E-state index contributed by atoms with van der Waals surface area (Å²) in [7, 11) is -3.95. The van der Waals surface area contributed by atoms with Crippen molar-refractivity contribution >= 4 is 26.9 Å². The zero-order valence-electron chi connectivity index (χ0n) is 16.2. The molecule has 0 atom stereocenters. The molecule has 0 saturated heterocycles. The lowest BCUT2D eigenvalue weighted by Gasteiger charge is -2.19. The fourth-order valence-electron chi connectivity index (χ4n) is 3.50. The van der Waals surface area contributed by atoms with Crippen molar-refractivity contribution in [1.29, 1.82) is 0 Å². The molecule has 0 aliphatic carbocycles. The Kier molecular flexibility index (Phi) is 4.56. The second kappa shape index (κ2) is 7.41. The minimum absolute atomic E-state index is 0.250. The van der Waals surface area contributed by atoms with E-state index in [0.29, 0.717) is 5.75 Å². The minimum atomic E-state index is -3.95. The summed E-state index contributed by atoms with van der Waals surface area (Å²) in [6.45, 7) is 0.250. The first-order valence-electron chi connectivity index (χ1n) is 9.52. The molecule has 2 N–H and O–H groups in total. The molecule has 8 heteroatoms. The zero-order valence-corrected chi connectivity index (χ0v) is 17.0. The molecule has 3 aromatic carbocycles. The van der Waals surface area contributed by atoms with Gasteiger partial charge in [-0.1, -0.05) is 54.6 Å². The number of aliphatic hydroxyl groups is 1. The number of nitrogens with zero attached hydrogens (tertiary/aromatic N) is 1. The lowest BCUT2D eigenvalue weighted by molar-refractivity contribution is 0.307. The highest BCUT2D eigenvalue weighted by Gasteiger charge is 2.31. The summed E-state index contributed by atoms with van der Waals surface area (Å²) in [5, 5.41) is 10.6. The van der Waals surface area contributed by atoms with Crippen LogP contribution in [0.3, 0.4) is 0 Å². The summed E-state index contributed by atoms with van der Waals surface area (Å²) in [4.78, 5) is 0. The maximum atomic E-state index is 12.4. The van der Waals surface area contributed by atoms with Crippen LogP contribution >= 0.6 is 0 Å². The van der Waals surface area contributed by atoms with E-state index in [1.54, 1.807) is 24.5 Å². The van der Waals surface area contributed by atoms with Gasteiger partial charge < -0.3 is 14.3 Å². The first-order valence-corrected chi connectivity index (χ1v) is 11.0. The number of hydrogen-bond acceptors (Lipinski definition) is 5. The molecule has 0 fully saturated rings.